The number of pyridine rings is 1. The molecule has 0 spiro atoms. The van der Waals surface area contributed by atoms with Gasteiger partial charge in [0.2, 0.25) is 0 Å². The van der Waals surface area contributed by atoms with Crippen LogP contribution in [0.2, 0.25) is 0 Å². The summed E-state index contributed by atoms with van der Waals surface area (Å²) >= 11 is 0. The molecule has 1 aliphatic rings. The number of aliphatic imine (C=N–C) groups is 1. The van der Waals surface area contributed by atoms with Crippen molar-refractivity contribution in [1.29, 1.82) is 0 Å². The molecule has 1 saturated carbocycles. The van der Waals surface area contributed by atoms with E-state index >= 15 is 0 Å². The number of benzene rings is 1. The Morgan fingerprint density at radius 1 is 1.14 bits per heavy atom. The van der Waals surface area contributed by atoms with Gasteiger partial charge in [0.05, 0.1) is 12.6 Å². The van der Waals surface area contributed by atoms with Crippen molar-refractivity contribution in [1.82, 2.24) is 25.2 Å². The van der Waals surface area contributed by atoms with Crippen LogP contribution in [-0.2, 0) is 13.1 Å². The maximum Gasteiger partial charge on any atom is 0.191 e. The zero-order valence-corrected chi connectivity index (χ0v) is 17.1. The first-order valence-corrected chi connectivity index (χ1v) is 10.2. The van der Waals surface area contributed by atoms with Gasteiger partial charge < -0.3 is 15.4 Å². The molecule has 0 bridgehead atoms. The maximum absolute atomic E-state index is 6.30. The molecular weight excluding hydrogens is 364 g/mol. The van der Waals surface area contributed by atoms with Gasteiger partial charge in [-0.1, -0.05) is 18.2 Å². The van der Waals surface area contributed by atoms with Crippen LogP contribution in [0.25, 0.3) is 5.65 Å². The van der Waals surface area contributed by atoms with Crippen molar-refractivity contribution in [2.45, 2.75) is 51.8 Å². The number of fused-ring (bicyclic) bond motifs is 1. The third kappa shape index (κ3) is 4.67. The molecule has 1 aliphatic carbocycles. The first kappa shape index (κ1) is 19.2. The Hall–Kier alpha value is -3.09. The van der Waals surface area contributed by atoms with Crippen LogP contribution in [0.15, 0.2) is 47.6 Å². The summed E-state index contributed by atoms with van der Waals surface area (Å²) in [6.07, 6.45) is 7.12. The molecule has 0 saturated heterocycles. The van der Waals surface area contributed by atoms with E-state index in [9.17, 15) is 0 Å². The van der Waals surface area contributed by atoms with Crippen LogP contribution in [0.4, 0.5) is 0 Å². The van der Waals surface area contributed by atoms with E-state index in [1.165, 1.54) is 18.4 Å². The summed E-state index contributed by atoms with van der Waals surface area (Å²) in [4.78, 5) is 4.33. The molecule has 2 aromatic heterocycles. The van der Waals surface area contributed by atoms with Gasteiger partial charge in [0.1, 0.15) is 5.75 Å². The second-order valence-electron chi connectivity index (χ2n) is 7.46. The van der Waals surface area contributed by atoms with Crippen LogP contribution in [0, 0.1) is 6.92 Å². The fourth-order valence-corrected chi connectivity index (χ4v) is 3.68. The third-order valence-electron chi connectivity index (χ3n) is 5.29. The van der Waals surface area contributed by atoms with Gasteiger partial charge in [0.15, 0.2) is 17.4 Å². The van der Waals surface area contributed by atoms with Crippen LogP contribution in [0.3, 0.4) is 0 Å². The van der Waals surface area contributed by atoms with Gasteiger partial charge in [-0.25, -0.2) is 0 Å². The van der Waals surface area contributed by atoms with E-state index in [-0.39, 0.29) is 0 Å². The molecule has 2 heterocycles. The SMILES string of the molecule is CN=C(NCc1ccc(C)cc1OC1CCCC1)NCc1nnc2ccccn12. The molecule has 0 atom stereocenters. The first-order valence-electron chi connectivity index (χ1n) is 10.2. The number of ether oxygens (including phenoxy) is 1. The second-order valence-corrected chi connectivity index (χ2v) is 7.46. The van der Waals surface area contributed by atoms with Gasteiger partial charge in [0.25, 0.3) is 0 Å². The van der Waals surface area contributed by atoms with Gasteiger partial charge in [-0.05, 0) is 56.4 Å². The van der Waals surface area contributed by atoms with Crippen molar-refractivity contribution in [2.24, 2.45) is 4.99 Å². The smallest absolute Gasteiger partial charge is 0.191 e. The second kappa shape index (κ2) is 8.94. The standard InChI is InChI=1S/C22H28N6O/c1-16-10-11-17(19(13-16)29-18-7-3-4-8-18)14-24-22(23-2)25-15-21-27-26-20-9-5-6-12-28(20)21/h5-6,9-13,18H,3-4,7-8,14-15H2,1-2H3,(H2,23,24,25). The Labute approximate surface area is 171 Å². The van der Waals surface area contributed by atoms with E-state index in [1.54, 1.807) is 7.05 Å². The van der Waals surface area contributed by atoms with Gasteiger partial charge in [0, 0.05) is 25.4 Å². The third-order valence-corrected chi connectivity index (χ3v) is 5.29. The fraction of sp³-hybridized carbons (Fsp3) is 0.409. The molecule has 7 nitrogen and oxygen atoms in total. The van der Waals surface area contributed by atoms with Crippen LogP contribution in [0.1, 0.15) is 42.6 Å². The summed E-state index contributed by atoms with van der Waals surface area (Å²) in [5.74, 6) is 2.53. The molecule has 0 unspecified atom stereocenters. The Morgan fingerprint density at radius 2 is 1.97 bits per heavy atom. The monoisotopic (exact) mass is 392 g/mol. The number of rotatable bonds is 6. The summed E-state index contributed by atoms with van der Waals surface area (Å²) in [7, 11) is 1.77. The normalized spacial score (nSPS) is 15.0. The zero-order chi connectivity index (χ0) is 20.1. The number of nitrogens with zero attached hydrogens (tertiary/aromatic N) is 4. The molecule has 1 fully saturated rings. The lowest BCUT2D eigenvalue weighted by Crippen LogP contribution is -2.36. The lowest BCUT2D eigenvalue weighted by Gasteiger charge is -2.18. The van der Waals surface area contributed by atoms with Gasteiger partial charge >= 0.3 is 0 Å². The Kier molecular flexibility index (Phi) is 5.93. The number of guanidine groups is 1. The molecule has 0 radical (unpaired) electrons. The molecule has 1 aromatic carbocycles. The van der Waals surface area contributed by atoms with Crippen molar-refractivity contribution < 1.29 is 4.74 Å². The highest BCUT2D eigenvalue weighted by atomic mass is 16.5. The molecule has 2 N–H and O–H groups in total. The van der Waals surface area contributed by atoms with Crippen molar-refractivity contribution >= 4 is 11.6 Å². The average Bonchev–Trinajstić information content (AvgIpc) is 3.39. The van der Waals surface area contributed by atoms with E-state index in [4.69, 9.17) is 4.74 Å². The van der Waals surface area contributed by atoms with E-state index < -0.39 is 0 Å². The van der Waals surface area contributed by atoms with Crippen molar-refractivity contribution in [2.75, 3.05) is 7.05 Å². The molecular formula is C22H28N6O. The largest absolute Gasteiger partial charge is 0.490 e. The van der Waals surface area contributed by atoms with Gasteiger partial charge in [-0.15, -0.1) is 10.2 Å². The maximum atomic E-state index is 6.30. The number of hydrogen-bond acceptors (Lipinski definition) is 4. The summed E-state index contributed by atoms with van der Waals surface area (Å²) in [5.41, 5.74) is 3.18. The highest BCUT2D eigenvalue weighted by molar-refractivity contribution is 5.79. The first-order chi connectivity index (χ1) is 14.2. The summed E-state index contributed by atoms with van der Waals surface area (Å²) in [6, 6.07) is 12.2. The summed E-state index contributed by atoms with van der Waals surface area (Å²) in [5, 5.41) is 15.1. The van der Waals surface area contributed by atoms with E-state index in [0.717, 1.165) is 35.6 Å². The topological polar surface area (TPSA) is 75.8 Å². The average molecular weight is 393 g/mol. The van der Waals surface area contributed by atoms with E-state index in [2.05, 4.69) is 50.9 Å². The van der Waals surface area contributed by atoms with Gasteiger partial charge in [-0.3, -0.25) is 9.39 Å². The molecule has 0 amide bonds. The van der Waals surface area contributed by atoms with Crippen molar-refractivity contribution in [3.63, 3.8) is 0 Å². The molecule has 0 aliphatic heterocycles. The molecule has 152 valence electrons. The minimum Gasteiger partial charge on any atom is -0.490 e. The summed E-state index contributed by atoms with van der Waals surface area (Å²) < 4.78 is 8.26. The van der Waals surface area contributed by atoms with Crippen LogP contribution >= 0.6 is 0 Å². The van der Waals surface area contributed by atoms with E-state index in [0.29, 0.717) is 25.2 Å². The lowest BCUT2D eigenvalue weighted by molar-refractivity contribution is 0.207. The Balaban J connectivity index is 1.38. The quantitative estimate of drug-likeness (QED) is 0.498. The van der Waals surface area contributed by atoms with Crippen molar-refractivity contribution in [3.05, 3.63) is 59.5 Å². The van der Waals surface area contributed by atoms with Crippen LogP contribution in [-0.4, -0.2) is 33.7 Å². The molecule has 7 heteroatoms. The number of hydrogen-bond donors (Lipinski definition) is 2. The lowest BCUT2D eigenvalue weighted by atomic mass is 10.1. The minimum atomic E-state index is 0.342. The molecule has 29 heavy (non-hydrogen) atoms. The number of aryl methyl sites for hydroxylation is 1. The van der Waals surface area contributed by atoms with Crippen LogP contribution < -0.4 is 15.4 Å². The van der Waals surface area contributed by atoms with Gasteiger partial charge in [-0.2, -0.15) is 0 Å². The van der Waals surface area contributed by atoms with E-state index in [1.807, 2.05) is 28.8 Å². The van der Waals surface area contributed by atoms with Crippen LogP contribution in [0.5, 0.6) is 5.75 Å². The molecule has 4 rings (SSSR count). The highest BCUT2D eigenvalue weighted by Crippen LogP contribution is 2.27. The fourth-order valence-electron chi connectivity index (χ4n) is 3.68. The van der Waals surface area contributed by atoms with Crippen molar-refractivity contribution in [3.8, 4) is 5.75 Å². The Morgan fingerprint density at radius 3 is 2.79 bits per heavy atom. The summed E-state index contributed by atoms with van der Waals surface area (Å²) in [6.45, 7) is 3.27. The zero-order valence-electron chi connectivity index (χ0n) is 17.1. The Bertz CT molecular complexity index is 990. The molecule has 3 aromatic rings. The predicted octanol–water partition coefficient (Wildman–Crippen LogP) is 3.22. The minimum absolute atomic E-state index is 0.342. The predicted molar refractivity (Wildman–Crippen MR) is 114 cm³/mol. The number of aromatic nitrogens is 3. The number of nitrogens with one attached hydrogen (secondary N) is 2. The highest BCUT2D eigenvalue weighted by Gasteiger charge is 2.18.